The molecular weight excluding hydrogens is 472 g/mol. The van der Waals surface area contributed by atoms with Crippen molar-refractivity contribution in [2.45, 2.75) is 79.7 Å². The Morgan fingerprint density at radius 3 is 2.22 bits per heavy atom. The summed E-state index contributed by atoms with van der Waals surface area (Å²) in [6.45, 7) is 14.1. The molecule has 0 aromatic heterocycles. The Balaban J connectivity index is 1.98. The number of rotatable bonds is 12. The molecule has 0 aliphatic rings. The van der Waals surface area contributed by atoms with Crippen LogP contribution in [0.1, 0.15) is 77.0 Å². The zero-order valence-corrected chi connectivity index (χ0v) is 23.6. The van der Waals surface area contributed by atoms with E-state index in [1.54, 1.807) is 45.0 Å². The van der Waals surface area contributed by atoms with Gasteiger partial charge in [-0.1, -0.05) is 38.1 Å². The van der Waals surface area contributed by atoms with E-state index in [1.807, 2.05) is 19.9 Å². The summed E-state index contributed by atoms with van der Waals surface area (Å²) in [5.74, 6) is 0.897. The predicted octanol–water partition coefficient (Wildman–Crippen LogP) is 6.60. The van der Waals surface area contributed by atoms with Crippen LogP contribution in [0.15, 0.2) is 47.9 Å². The van der Waals surface area contributed by atoms with Gasteiger partial charge in [-0.2, -0.15) is 0 Å². The highest BCUT2D eigenvalue weighted by atomic mass is 32.2. The summed E-state index contributed by atoms with van der Waals surface area (Å²) in [5, 5.41) is 4.21. The molecule has 7 heteroatoms. The third kappa shape index (κ3) is 9.10. The third-order valence-corrected chi connectivity index (χ3v) is 7.68. The predicted molar refractivity (Wildman–Crippen MR) is 150 cm³/mol. The number of benzene rings is 2. The molecule has 0 unspecified atom stereocenters. The summed E-state index contributed by atoms with van der Waals surface area (Å²) in [6.07, 6.45) is 4.52. The average Bonchev–Trinajstić information content (AvgIpc) is 2.79. The minimum Gasteiger partial charge on any atom is -0.493 e. The van der Waals surface area contributed by atoms with Crippen molar-refractivity contribution in [3.8, 4) is 5.75 Å². The molecule has 0 fully saturated rings. The quantitative estimate of drug-likeness (QED) is 0.313. The van der Waals surface area contributed by atoms with Crippen LogP contribution in [-0.2, 0) is 14.8 Å². The summed E-state index contributed by atoms with van der Waals surface area (Å²) in [7, 11) is -3.54. The number of anilines is 1. The van der Waals surface area contributed by atoms with Crippen LogP contribution in [-0.4, -0.2) is 26.5 Å². The molecule has 2 aromatic rings. The van der Waals surface area contributed by atoms with E-state index in [9.17, 15) is 13.2 Å². The Labute approximate surface area is 217 Å². The third-order valence-electron chi connectivity index (χ3n) is 6.29. The number of aryl methyl sites for hydroxylation is 2. The van der Waals surface area contributed by atoms with Crippen LogP contribution in [0.5, 0.6) is 5.75 Å². The van der Waals surface area contributed by atoms with Gasteiger partial charge in [-0.25, -0.2) is 13.1 Å². The molecule has 0 spiro atoms. The van der Waals surface area contributed by atoms with Crippen molar-refractivity contribution in [3.63, 3.8) is 0 Å². The first-order chi connectivity index (χ1) is 16.8. The van der Waals surface area contributed by atoms with Gasteiger partial charge in [0, 0.05) is 22.0 Å². The first kappa shape index (κ1) is 29.6. The van der Waals surface area contributed by atoms with Crippen molar-refractivity contribution in [3.05, 3.63) is 64.6 Å². The summed E-state index contributed by atoms with van der Waals surface area (Å²) in [6, 6.07) is 13.3. The molecule has 2 N–H and O–H groups in total. The maximum atomic E-state index is 13.3. The molecule has 0 saturated carbocycles. The van der Waals surface area contributed by atoms with Crippen molar-refractivity contribution in [2.75, 3.05) is 11.9 Å². The zero-order chi connectivity index (χ0) is 27.0. The Kier molecular flexibility index (Phi) is 10.3. The van der Waals surface area contributed by atoms with Gasteiger partial charge in [-0.05, 0) is 101 Å². The normalized spacial score (nSPS) is 12.6. The van der Waals surface area contributed by atoms with Crippen molar-refractivity contribution in [1.29, 1.82) is 0 Å². The van der Waals surface area contributed by atoms with Gasteiger partial charge in [0.2, 0.25) is 15.9 Å². The molecule has 0 heterocycles. The Morgan fingerprint density at radius 2 is 1.64 bits per heavy atom. The minimum absolute atomic E-state index is 0.000479. The fourth-order valence-electron chi connectivity index (χ4n) is 4.06. The van der Waals surface area contributed by atoms with Crippen LogP contribution in [0, 0.1) is 19.3 Å². The summed E-state index contributed by atoms with van der Waals surface area (Å²) < 4.78 is 32.9. The van der Waals surface area contributed by atoms with Crippen molar-refractivity contribution in [1.82, 2.24) is 4.72 Å². The second kappa shape index (κ2) is 12.5. The van der Waals surface area contributed by atoms with E-state index < -0.39 is 21.0 Å². The molecule has 0 saturated heterocycles. The second-order valence-electron chi connectivity index (χ2n) is 10.5. The summed E-state index contributed by atoms with van der Waals surface area (Å²) >= 11 is 0. The summed E-state index contributed by atoms with van der Waals surface area (Å²) in [5.41, 5.74) is 2.66. The van der Waals surface area contributed by atoms with E-state index in [-0.39, 0.29) is 5.91 Å². The van der Waals surface area contributed by atoms with Gasteiger partial charge >= 0.3 is 0 Å². The van der Waals surface area contributed by atoms with E-state index in [0.29, 0.717) is 12.3 Å². The molecule has 2 rings (SSSR count). The van der Waals surface area contributed by atoms with Crippen LogP contribution < -0.4 is 14.8 Å². The number of carbonyl (C=O) groups is 1. The number of hydrogen-bond acceptors (Lipinski definition) is 4. The monoisotopic (exact) mass is 514 g/mol. The second-order valence-corrected chi connectivity index (χ2v) is 12.1. The largest absolute Gasteiger partial charge is 0.493 e. The lowest BCUT2D eigenvalue weighted by molar-refractivity contribution is -0.126. The molecule has 0 aliphatic carbocycles. The van der Waals surface area contributed by atoms with E-state index in [0.717, 1.165) is 53.5 Å². The lowest BCUT2D eigenvalue weighted by Crippen LogP contribution is -2.39. The van der Waals surface area contributed by atoms with Crippen LogP contribution in [0.4, 0.5) is 5.69 Å². The van der Waals surface area contributed by atoms with Gasteiger partial charge in [0.1, 0.15) is 5.75 Å². The molecule has 2 aromatic carbocycles. The van der Waals surface area contributed by atoms with Gasteiger partial charge in [0.05, 0.1) is 6.61 Å². The molecule has 1 amide bonds. The topological polar surface area (TPSA) is 84.5 Å². The molecule has 0 radical (unpaired) electrons. The number of hydrogen-bond donors (Lipinski definition) is 2. The Hall–Kier alpha value is -2.64. The molecule has 6 nitrogen and oxygen atoms in total. The van der Waals surface area contributed by atoms with E-state index in [4.69, 9.17) is 4.74 Å². The first-order valence-electron chi connectivity index (χ1n) is 12.6. The van der Waals surface area contributed by atoms with E-state index >= 15 is 0 Å². The standard InChI is InChI=1S/C29H42N2O4S/c1-8-29(9-2,18-10-19-35-26-21-22(3)11-12-23(26)4)27(32)30-25-15-13-24(14-16-25)17-20-36(33,34)31-28(5,6)7/h11-17,20-21,31H,8-10,18-19H2,1-7H3,(H,30,32)/b20-17+. The molecule has 0 atom stereocenters. The van der Waals surface area contributed by atoms with Gasteiger partial charge in [0.15, 0.2) is 0 Å². The number of carbonyl (C=O) groups excluding carboxylic acids is 1. The van der Waals surface area contributed by atoms with E-state index in [1.165, 1.54) is 6.08 Å². The fourth-order valence-corrected chi connectivity index (χ4v) is 5.32. The van der Waals surface area contributed by atoms with E-state index in [2.05, 4.69) is 36.0 Å². The maximum Gasteiger partial charge on any atom is 0.234 e. The lowest BCUT2D eigenvalue weighted by atomic mass is 9.77. The highest BCUT2D eigenvalue weighted by molar-refractivity contribution is 7.92. The van der Waals surface area contributed by atoms with Crippen LogP contribution in [0.25, 0.3) is 6.08 Å². The van der Waals surface area contributed by atoms with Crippen LogP contribution >= 0.6 is 0 Å². The van der Waals surface area contributed by atoms with Gasteiger partial charge in [0.25, 0.3) is 0 Å². The Bertz CT molecular complexity index is 1140. The lowest BCUT2D eigenvalue weighted by Gasteiger charge is -2.30. The minimum atomic E-state index is -3.54. The molecular formula is C29H42N2O4S. The summed E-state index contributed by atoms with van der Waals surface area (Å²) in [4.78, 5) is 13.3. The molecule has 0 aliphatic heterocycles. The van der Waals surface area contributed by atoms with Gasteiger partial charge < -0.3 is 10.1 Å². The smallest absolute Gasteiger partial charge is 0.234 e. The molecule has 198 valence electrons. The number of ether oxygens (including phenoxy) is 1. The number of amides is 1. The zero-order valence-electron chi connectivity index (χ0n) is 22.8. The average molecular weight is 515 g/mol. The molecule has 0 bridgehead atoms. The highest BCUT2D eigenvalue weighted by Crippen LogP contribution is 2.34. The number of sulfonamides is 1. The highest BCUT2D eigenvalue weighted by Gasteiger charge is 2.34. The maximum absolute atomic E-state index is 13.3. The van der Waals surface area contributed by atoms with Crippen LogP contribution in [0.3, 0.4) is 0 Å². The molecule has 36 heavy (non-hydrogen) atoms. The van der Waals surface area contributed by atoms with Crippen molar-refractivity contribution in [2.24, 2.45) is 5.41 Å². The van der Waals surface area contributed by atoms with Crippen LogP contribution in [0.2, 0.25) is 0 Å². The van der Waals surface area contributed by atoms with Crippen molar-refractivity contribution < 1.29 is 17.9 Å². The first-order valence-corrected chi connectivity index (χ1v) is 14.2. The SMILES string of the molecule is CCC(CC)(CCCOc1cc(C)ccc1C)C(=O)Nc1ccc(/C=C/S(=O)(=O)NC(C)(C)C)cc1. The van der Waals surface area contributed by atoms with Gasteiger partial charge in [-0.3, -0.25) is 4.79 Å². The fraction of sp³-hybridized carbons (Fsp3) is 0.483. The Morgan fingerprint density at radius 1 is 1.00 bits per heavy atom. The number of nitrogens with one attached hydrogen (secondary N) is 2. The van der Waals surface area contributed by atoms with Crippen molar-refractivity contribution >= 4 is 27.7 Å². The van der Waals surface area contributed by atoms with Gasteiger partial charge in [-0.15, -0.1) is 0 Å².